The molecule has 2 atom stereocenters. The fourth-order valence-electron chi connectivity index (χ4n) is 1.51. The van der Waals surface area contributed by atoms with Crippen LogP contribution in [0.15, 0.2) is 12.7 Å². The van der Waals surface area contributed by atoms with Crippen LogP contribution in [-0.4, -0.2) is 11.2 Å². The number of allylic oxidation sites excluding steroid dienone is 1. The van der Waals surface area contributed by atoms with Gasteiger partial charge in [-0.2, -0.15) is 0 Å². The molecule has 0 bridgehead atoms. The molecule has 0 aromatic heterocycles. The third kappa shape index (κ3) is 1.55. The van der Waals surface area contributed by atoms with E-state index in [-0.39, 0.29) is 6.10 Å². The van der Waals surface area contributed by atoms with Crippen LogP contribution in [0, 0.1) is 5.92 Å². The van der Waals surface area contributed by atoms with Crippen LogP contribution in [0.25, 0.3) is 0 Å². The molecule has 1 rings (SSSR count). The lowest BCUT2D eigenvalue weighted by Gasteiger charge is -2.09. The Morgan fingerprint density at radius 3 is 2.78 bits per heavy atom. The van der Waals surface area contributed by atoms with Crippen LogP contribution < -0.4 is 0 Å². The van der Waals surface area contributed by atoms with Gasteiger partial charge in [0.15, 0.2) is 0 Å². The molecule has 2 unspecified atom stereocenters. The van der Waals surface area contributed by atoms with Crippen molar-refractivity contribution >= 4 is 0 Å². The standard InChI is InChI=1S/C8H14O/c1-2-4-7-5-3-6-8(7)9/h2,7-9H,1,3-6H2. The molecule has 0 spiro atoms. The molecule has 1 heteroatoms. The largest absolute Gasteiger partial charge is 0.393 e. The summed E-state index contributed by atoms with van der Waals surface area (Å²) in [5.74, 6) is 0.516. The van der Waals surface area contributed by atoms with Gasteiger partial charge in [0.05, 0.1) is 6.10 Å². The van der Waals surface area contributed by atoms with E-state index in [0.717, 1.165) is 12.8 Å². The molecular formula is C8H14O. The molecule has 0 amide bonds. The third-order valence-electron chi connectivity index (χ3n) is 2.09. The van der Waals surface area contributed by atoms with Gasteiger partial charge in [-0.3, -0.25) is 0 Å². The van der Waals surface area contributed by atoms with Crippen LogP contribution in [0.2, 0.25) is 0 Å². The lowest BCUT2D eigenvalue weighted by atomic mass is 10.0. The molecule has 1 aliphatic carbocycles. The van der Waals surface area contributed by atoms with E-state index in [1.807, 2.05) is 6.08 Å². The quantitative estimate of drug-likeness (QED) is 0.558. The third-order valence-corrected chi connectivity index (χ3v) is 2.09. The molecule has 1 nitrogen and oxygen atoms in total. The zero-order chi connectivity index (χ0) is 6.69. The smallest absolute Gasteiger partial charge is 0.0571 e. The summed E-state index contributed by atoms with van der Waals surface area (Å²) in [6, 6.07) is 0. The topological polar surface area (TPSA) is 20.2 Å². The second-order valence-electron chi connectivity index (χ2n) is 2.78. The fourth-order valence-corrected chi connectivity index (χ4v) is 1.51. The minimum atomic E-state index is -0.0389. The Bertz CT molecular complexity index is 98.7. The summed E-state index contributed by atoms with van der Waals surface area (Å²) in [6.45, 7) is 3.65. The fraction of sp³-hybridized carbons (Fsp3) is 0.750. The molecule has 0 saturated heterocycles. The van der Waals surface area contributed by atoms with Crippen molar-refractivity contribution in [3.8, 4) is 0 Å². The van der Waals surface area contributed by atoms with Gasteiger partial charge in [-0.05, 0) is 25.2 Å². The second-order valence-corrected chi connectivity index (χ2v) is 2.78. The number of aliphatic hydroxyl groups excluding tert-OH is 1. The summed E-state index contributed by atoms with van der Waals surface area (Å²) in [6.07, 6.45) is 6.23. The predicted molar refractivity (Wildman–Crippen MR) is 38.2 cm³/mol. The molecule has 0 radical (unpaired) electrons. The molecule has 1 saturated carbocycles. The Labute approximate surface area is 56.4 Å². The highest BCUT2D eigenvalue weighted by atomic mass is 16.3. The van der Waals surface area contributed by atoms with Crippen LogP contribution >= 0.6 is 0 Å². The van der Waals surface area contributed by atoms with Crippen LogP contribution in [0.4, 0.5) is 0 Å². The zero-order valence-electron chi connectivity index (χ0n) is 5.71. The van der Waals surface area contributed by atoms with E-state index < -0.39 is 0 Å². The lowest BCUT2D eigenvalue weighted by molar-refractivity contribution is 0.134. The van der Waals surface area contributed by atoms with Crippen molar-refractivity contribution in [3.05, 3.63) is 12.7 Å². The van der Waals surface area contributed by atoms with Crippen molar-refractivity contribution in [1.82, 2.24) is 0 Å². The Morgan fingerprint density at radius 2 is 2.33 bits per heavy atom. The second kappa shape index (κ2) is 3.02. The number of hydrogen-bond donors (Lipinski definition) is 1. The maximum atomic E-state index is 9.27. The SMILES string of the molecule is C=CCC1CCCC1O. The Morgan fingerprint density at radius 1 is 1.56 bits per heavy atom. The van der Waals surface area contributed by atoms with Crippen LogP contribution in [0.5, 0.6) is 0 Å². The predicted octanol–water partition coefficient (Wildman–Crippen LogP) is 1.72. The first-order valence-corrected chi connectivity index (χ1v) is 3.63. The molecule has 0 aliphatic heterocycles. The summed E-state index contributed by atoms with van der Waals surface area (Å²) in [7, 11) is 0. The molecule has 9 heavy (non-hydrogen) atoms. The van der Waals surface area contributed by atoms with E-state index in [0.29, 0.717) is 5.92 Å². The summed E-state index contributed by atoms with van der Waals surface area (Å²) < 4.78 is 0. The zero-order valence-corrected chi connectivity index (χ0v) is 5.71. The normalized spacial score (nSPS) is 34.8. The molecule has 0 aromatic rings. The van der Waals surface area contributed by atoms with Gasteiger partial charge in [0, 0.05) is 0 Å². The van der Waals surface area contributed by atoms with Crippen LogP contribution in [-0.2, 0) is 0 Å². The van der Waals surface area contributed by atoms with Crippen molar-refractivity contribution < 1.29 is 5.11 Å². The molecule has 0 aromatic carbocycles. The Kier molecular flexibility index (Phi) is 2.29. The van der Waals surface area contributed by atoms with Gasteiger partial charge in [0.2, 0.25) is 0 Å². The van der Waals surface area contributed by atoms with E-state index in [4.69, 9.17) is 0 Å². The van der Waals surface area contributed by atoms with Gasteiger partial charge in [0.25, 0.3) is 0 Å². The maximum absolute atomic E-state index is 9.27. The van der Waals surface area contributed by atoms with Crippen molar-refractivity contribution in [3.63, 3.8) is 0 Å². The summed E-state index contributed by atoms with van der Waals surface area (Å²) in [5, 5.41) is 9.27. The van der Waals surface area contributed by atoms with E-state index >= 15 is 0 Å². The summed E-state index contributed by atoms with van der Waals surface area (Å²) in [4.78, 5) is 0. The monoisotopic (exact) mass is 126 g/mol. The number of aliphatic hydroxyl groups is 1. The van der Waals surface area contributed by atoms with Crippen molar-refractivity contribution in [2.75, 3.05) is 0 Å². The van der Waals surface area contributed by atoms with Crippen molar-refractivity contribution in [2.24, 2.45) is 5.92 Å². The summed E-state index contributed by atoms with van der Waals surface area (Å²) in [5.41, 5.74) is 0. The first-order chi connectivity index (χ1) is 4.34. The highest BCUT2D eigenvalue weighted by Crippen LogP contribution is 2.27. The van der Waals surface area contributed by atoms with E-state index in [9.17, 15) is 5.11 Å². The Balaban J connectivity index is 2.30. The van der Waals surface area contributed by atoms with E-state index in [1.54, 1.807) is 0 Å². The van der Waals surface area contributed by atoms with Gasteiger partial charge < -0.3 is 5.11 Å². The van der Waals surface area contributed by atoms with Gasteiger partial charge in [-0.1, -0.05) is 12.5 Å². The first kappa shape index (κ1) is 6.81. The molecular weight excluding hydrogens is 112 g/mol. The van der Waals surface area contributed by atoms with E-state index in [2.05, 4.69) is 6.58 Å². The lowest BCUT2D eigenvalue weighted by Crippen LogP contribution is -2.11. The average Bonchev–Trinajstić information content (AvgIpc) is 2.18. The highest BCUT2D eigenvalue weighted by molar-refractivity contribution is 4.82. The van der Waals surface area contributed by atoms with Gasteiger partial charge in [-0.15, -0.1) is 6.58 Å². The number of hydrogen-bond acceptors (Lipinski definition) is 1. The molecule has 1 N–H and O–H groups in total. The van der Waals surface area contributed by atoms with Gasteiger partial charge in [-0.25, -0.2) is 0 Å². The summed E-state index contributed by atoms with van der Waals surface area (Å²) >= 11 is 0. The molecule has 1 fully saturated rings. The molecule has 0 heterocycles. The average molecular weight is 126 g/mol. The number of rotatable bonds is 2. The molecule has 52 valence electrons. The Hall–Kier alpha value is -0.300. The van der Waals surface area contributed by atoms with Crippen molar-refractivity contribution in [1.29, 1.82) is 0 Å². The first-order valence-electron chi connectivity index (χ1n) is 3.63. The minimum Gasteiger partial charge on any atom is -0.393 e. The van der Waals surface area contributed by atoms with Crippen molar-refractivity contribution in [2.45, 2.75) is 31.8 Å². The van der Waals surface area contributed by atoms with Gasteiger partial charge in [0.1, 0.15) is 0 Å². The van der Waals surface area contributed by atoms with Crippen LogP contribution in [0.1, 0.15) is 25.7 Å². The van der Waals surface area contributed by atoms with Gasteiger partial charge >= 0.3 is 0 Å². The minimum absolute atomic E-state index is 0.0389. The maximum Gasteiger partial charge on any atom is 0.0571 e. The molecule has 1 aliphatic rings. The van der Waals surface area contributed by atoms with Crippen LogP contribution in [0.3, 0.4) is 0 Å². The highest BCUT2D eigenvalue weighted by Gasteiger charge is 2.23. The van der Waals surface area contributed by atoms with E-state index in [1.165, 1.54) is 12.8 Å².